The zero-order valence-electron chi connectivity index (χ0n) is 12.4. The maximum absolute atomic E-state index is 12.3. The number of thioether (sulfide) groups is 1. The molecule has 116 valence electrons. The maximum atomic E-state index is 12.3. The van der Waals surface area contributed by atoms with E-state index in [1.807, 2.05) is 11.5 Å². The summed E-state index contributed by atoms with van der Waals surface area (Å²) in [5, 5.41) is 8.84. The van der Waals surface area contributed by atoms with Crippen LogP contribution in [0.3, 0.4) is 0 Å². The number of carbonyl (C=O) groups excluding carboxylic acids is 1. The fraction of sp³-hybridized carbons (Fsp3) is 0.267. The quantitative estimate of drug-likeness (QED) is 0.417. The molecule has 0 N–H and O–H groups in total. The van der Waals surface area contributed by atoms with E-state index in [2.05, 4.69) is 32.7 Å². The molecule has 0 fully saturated rings. The van der Waals surface area contributed by atoms with Crippen LogP contribution < -0.4 is 4.74 Å². The fourth-order valence-corrected chi connectivity index (χ4v) is 3.29. The molecule has 2 aromatic rings. The van der Waals surface area contributed by atoms with Gasteiger partial charge in [-0.2, -0.15) is 0 Å². The van der Waals surface area contributed by atoms with Crippen molar-refractivity contribution in [3.8, 4) is 5.75 Å². The van der Waals surface area contributed by atoms with Gasteiger partial charge in [-0.15, -0.1) is 16.8 Å². The zero-order chi connectivity index (χ0) is 16.1. The normalized spacial score (nSPS) is 10.5. The van der Waals surface area contributed by atoms with Crippen molar-refractivity contribution in [2.45, 2.75) is 18.6 Å². The lowest BCUT2D eigenvalue weighted by molar-refractivity contribution is 0.102. The summed E-state index contributed by atoms with van der Waals surface area (Å²) < 4.78 is 7.85. The highest BCUT2D eigenvalue weighted by molar-refractivity contribution is 9.10. The Bertz CT molecular complexity index is 700. The van der Waals surface area contributed by atoms with Crippen LogP contribution in [0.15, 0.2) is 40.5 Å². The molecule has 0 atom stereocenters. The van der Waals surface area contributed by atoms with Crippen molar-refractivity contribution < 1.29 is 9.53 Å². The van der Waals surface area contributed by atoms with Crippen LogP contribution >= 0.6 is 27.7 Å². The highest BCUT2D eigenvalue weighted by Gasteiger charge is 2.13. The summed E-state index contributed by atoms with van der Waals surface area (Å²) in [6.07, 6.45) is 1.78. The number of hydrogen-bond acceptors (Lipinski definition) is 5. The second-order valence-corrected chi connectivity index (χ2v) is 6.29. The molecule has 0 radical (unpaired) electrons. The number of nitrogens with zero attached hydrogens (tertiary/aromatic N) is 3. The molecule has 2 rings (SSSR count). The van der Waals surface area contributed by atoms with E-state index in [4.69, 9.17) is 4.74 Å². The summed E-state index contributed by atoms with van der Waals surface area (Å²) in [6.45, 7) is 6.22. The van der Waals surface area contributed by atoms with Gasteiger partial charge in [-0.25, -0.2) is 0 Å². The average Bonchev–Trinajstić information content (AvgIpc) is 2.86. The largest absolute Gasteiger partial charge is 0.496 e. The molecule has 0 aliphatic rings. The fourth-order valence-electron chi connectivity index (χ4n) is 1.86. The minimum Gasteiger partial charge on any atom is -0.496 e. The molecule has 0 bridgehead atoms. The summed E-state index contributed by atoms with van der Waals surface area (Å²) in [5.41, 5.74) is 0.631. The molecule has 0 spiro atoms. The van der Waals surface area contributed by atoms with E-state index in [-0.39, 0.29) is 5.78 Å². The maximum Gasteiger partial charge on any atom is 0.191 e. The first kappa shape index (κ1) is 16.8. The number of ether oxygens (including phenoxy) is 1. The van der Waals surface area contributed by atoms with E-state index in [9.17, 15) is 4.79 Å². The first-order chi connectivity index (χ1) is 10.6. The Balaban J connectivity index is 2.07. The van der Waals surface area contributed by atoms with E-state index >= 15 is 0 Å². The van der Waals surface area contributed by atoms with E-state index in [0.717, 1.165) is 15.5 Å². The molecule has 1 aromatic carbocycles. The van der Waals surface area contributed by atoms with Gasteiger partial charge in [-0.1, -0.05) is 17.8 Å². The monoisotopic (exact) mass is 381 g/mol. The molecule has 0 aliphatic carbocycles. The van der Waals surface area contributed by atoms with Crippen LogP contribution in [0.5, 0.6) is 5.75 Å². The molecular weight excluding hydrogens is 366 g/mol. The van der Waals surface area contributed by atoms with Gasteiger partial charge in [0.05, 0.1) is 17.3 Å². The number of ketones is 1. The first-order valence-corrected chi connectivity index (χ1v) is 8.35. The van der Waals surface area contributed by atoms with Gasteiger partial charge in [-0.05, 0) is 41.1 Å². The molecule has 5 nitrogen and oxygen atoms in total. The van der Waals surface area contributed by atoms with Gasteiger partial charge in [0.25, 0.3) is 0 Å². The summed E-state index contributed by atoms with van der Waals surface area (Å²) in [7, 11) is 1.59. The second kappa shape index (κ2) is 7.60. The average molecular weight is 382 g/mol. The Labute approximate surface area is 141 Å². The first-order valence-electron chi connectivity index (χ1n) is 6.57. The number of aromatic nitrogens is 3. The smallest absolute Gasteiger partial charge is 0.191 e. The summed E-state index contributed by atoms with van der Waals surface area (Å²) in [4.78, 5) is 12.3. The molecule has 0 unspecified atom stereocenters. The molecule has 0 saturated carbocycles. The van der Waals surface area contributed by atoms with E-state index in [1.165, 1.54) is 11.8 Å². The Morgan fingerprint density at radius 2 is 2.27 bits per heavy atom. The lowest BCUT2D eigenvalue weighted by atomic mass is 10.1. The van der Waals surface area contributed by atoms with Crippen LogP contribution in [0.1, 0.15) is 16.2 Å². The number of aryl methyl sites for hydroxylation is 1. The second-order valence-electron chi connectivity index (χ2n) is 4.49. The highest BCUT2D eigenvalue weighted by atomic mass is 79.9. The van der Waals surface area contributed by atoms with Crippen molar-refractivity contribution >= 4 is 33.5 Å². The van der Waals surface area contributed by atoms with Gasteiger partial charge < -0.3 is 9.30 Å². The van der Waals surface area contributed by atoms with E-state index in [0.29, 0.717) is 23.6 Å². The molecular formula is C15H16BrN3O2S. The standard InChI is InChI=1S/C15H16BrN3O2S/c1-4-7-19-10(2)17-18-15(19)22-9-13(20)11-5-6-14(21-3)12(16)8-11/h4-6,8H,1,7,9H2,2-3H3. The molecule has 1 heterocycles. The van der Waals surface area contributed by atoms with Gasteiger partial charge in [0.1, 0.15) is 11.6 Å². The zero-order valence-corrected chi connectivity index (χ0v) is 14.8. The minimum absolute atomic E-state index is 0.0270. The van der Waals surface area contributed by atoms with Crippen molar-refractivity contribution in [3.05, 3.63) is 46.7 Å². The topological polar surface area (TPSA) is 57.0 Å². The Kier molecular flexibility index (Phi) is 5.79. The minimum atomic E-state index is 0.0270. The highest BCUT2D eigenvalue weighted by Crippen LogP contribution is 2.26. The third kappa shape index (κ3) is 3.78. The van der Waals surface area contributed by atoms with Crippen LogP contribution in [-0.4, -0.2) is 33.4 Å². The number of benzene rings is 1. The number of halogens is 1. The number of allylic oxidation sites excluding steroid dienone is 1. The Hall–Kier alpha value is -1.60. The van der Waals surface area contributed by atoms with Crippen LogP contribution in [0.4, 0.5) is 0 Å². The third-order valence-electron chi connectivity index (χ3n) is 3.02. The molecule has 1 aromatic heterocycles. The Morgan fingerprint density at radius 3 is 2.91 bits per heavy atom. The number of Topliss-reactive ketones (excluding diaryl/α,β-unsaturated/α-hetero) is 1. The molecule has 0 amide bonds. The SMILES string of the molecule is C=CCn1c(C)nnc1SCC(=O)c1ccc(OC)c(Br)c1. The van der Waals surface area contributed by atoms with Crippen LogP contribution in [0.25, 0.3) is 0 Å². The van der Waals surface area contributed by atoms with Crippen LogP contribution in [0.2, 0.25) is 0 Å². The molecule has 0 aliphatic heterocycles. The van der Waals surface area contributed by atoms with Crippen LogP contribution in [0, 0.1) is 6.92 Å². The van der Waals surface area contributed by atoms with Crippen molar-refractivity contribution in [2.24, 2.45) is 0 Å². The number of hydrogen-bond donors (Lipinski definition) is 0. The molecule has 22 heavy (non-hydrogen) atoms. The van der Waals surface area contributed by atoms with Crippen molar-refractivity contribution in [1.82, 2.24) is 14.8 Å². The van der Waals surface area contributed by atoms with E-state index < -0.39 is 0 Å². The predicted octanol–water partition coefficient (Wildman–Crippen LogP) is 3.52. The summed E-state index contributed by atoms with van der Waals surface area (Å²) in [6, 6.07) is 5.29. The summed E-state index contributed by atoms with van der Waals surface area (Å²) in [5.74, 6) is 1.83. The Morgan fingerprint density at radius 1 is 1.50 bits per heavy atom. The predicted molar refractivity (Wildman–Crippen MR) is 90.7 cm³/mol. The van der Waals surface area contributed by atoms with Crippen molar-refractivity contribution in [3.63, 3.8) is 0 Å². The number of methoxy groups -OCH3 is 1. The molecule has 7 heteroatoms. The van der Waals surface area contributed by atoms with Gasteiger partial charge in [0, 0.05) is 12.1 Å². The van der Waals surface area contributed by atoms with Crippen LogP contribution in [-0.2, 0) is 6.54 Å². The lowest BCUT2D eigenvalue weighted by Gasteiger charge is -2.07. The van der Waals surface area contributed by atoms with E-state index in [1.54, 1.807) is 31.4 Å². The van der Waals surface area contributed by atoms with Gasteiger partial charge in [0.15, 0.2) is 10.9 Å². The van der Waals surface area contributed by atoms with Gasteiger partial charge in [-0.3, -0.25) is 4.79 Å². The molecule has 0 saturated heterocycles. The van der Waals surface area contributed by atoms with Crippen molar-refractivity contribution in [1.29, 1.82) is 0 Å². The third-order valence-corrected chi connectivity index (χ3v) is 4.61. The summed E-state index contributed by atoms with van der Waals surface area (Å²) >= 11 is 4.76. The number of rotatable bonds is 7. The number of carbonyl (C=O) groups is 1. The lowest BCUT2D eigenvalue weighted by Crippen LogP contribution is -2.05. The van der Waals surface area contributed by atoms with Crippen molar-refractivity contribution in [2.75, 3.05) is 12.9 Å². The van der Waals surface area contributed by atoms with Gasteiger partial charge >= 0.3 is 0 Å². The van der Waals surface area contributed by atoms with Gasteiger partial charge in [0.2, 0.25) is 0 Å².